The Hall–Kier alpha value is -5.72. The second kappa shape index (κ2) is 12.4. The van der Waals surface area contributed by atoms with Crippen LogP contribution in [-0.2, 0) is 10.8 Å². The maximum Gasteiger partial charge on any atom is 0.137 e. The smallest absolute Gasteiger partial charge is 0.137 e. The van der Waals surface area contributed by atoms with Crippen LogP contribution in [-0.4, -0.2) is 19.3 Å². The van der Waals surface area contributed by atoms with Crippen LogP contribution in [0.5, 0.6) is 11.5 Å². The van der Waals surface area contributed by atoms with Crippen LogP contribution < -0.4 is 4.74 Å². The van der Waals surface area contributed by atoms with Crippen LogP contribution in [0, 0.1) is 13.8 Å². The number of pyridine rings is 1. The monoisotopic (exact) mass is 724 g/mol. The number of ether oxygens (including phenoxy) is 1. The molecule has 6 heteroatoms. The first-order valence-corrected chi connectivity index (χ1v) is 19.5. The third kappa shape index (κ3) is 5.77. The summed E-state index contributed by atoms with van der Waals surface area (Å²) in [5.41, 5.74) is 10.4. The summed E-state index contributed by atoms with van der Waals surface area (Å²) in [6.07, 6.45) is 3.97. The summed E-state index contributed by atoms with van der Waals surface area (Å²) < 4.78 is 13.5. The van der Waals surface area contributed by atoms with Crippen molar-refractivity contribution in [3.63, 3.8) is 0 Å². The van der Waals surface area contributed by atoms with E-state index in [1.165, 1.54) is 58.9 Å². The van der Waals surface area contributed by atoms with Crippen molar-refractivity contribution >= 4 is 53.3 Å². The van der Waals surface area contributed by atoms with Crippen molar-refractivity contribution in [2.45, 2.75) is 66.2 Å². The number of hydrogen-bond donors (Lipinski definition) is 0. The minimum atomic E-state index is -0.0238. The minimum absolute atomic E-state index is 0.0238. The van der Waals surface area contributed by atoms with E-state index in [-0.39, 0.29) is 10.8 Å². The highest BCUT2D eigenvalue weighted by molar-refractivity contribution is 7.26. The van der Waals surface area contributed by atoms with E-state index in [4.69, 9.17) is 14.8 Å². The van der Waals surface area contributed by atoms with Gasteiger partial charge in [-0.25, -0.2) is 9.67 Å². The molecule has 5 aromatic carbocycles. The van der Waals surface area contributed by atoms with E-state index >= 15 is 0 Å². The molecule has 0 atom stereocenters. The molecule has 268 valence electrons. The molecule has 0 amide bonds. The number of thiophene rings is 1. The van der Waals surface area contributed by atoms with Crippen LogP contribution in [0.1, 0.15) is 63.8 Å². The molecular weight excluding hydrogens is 681 g/mol. The topological polar surface area (TPSA) is 44.9 Å². The molecule has 0 bridgehead atoms. The van der Waals surface area contributed by atoms with Gasteiger partial charge in [-0.05, 0) is 102 Å². The Kier molecular flexibility index (Phi) is 7.84. The van der Waals surface area contributed by atoms with Gasteiger partial charge in [0.2, 0.25) is 0 Å². The first-order chi connectivity index (χ1) is 25.8. The summed E-state index contributed by atoms with van der Waals surface area (Å²) in [6, 6.07) is 38.9. The van der Waals surface area contributed by atoms with E-state index in [2.05, 4.69) is 151 Å². The van der Waals surface area contributed by atoms with Crippen LogP contribution in [0.15, 0.2) is 122 Å². The van der Waals surface area contributed by atoms with Crippen molar-refractivity contribution in [3.8, 4) is 34.3 Å². The Morgan fingerprint density at radius 3 is 2.15 bits per heavy atom. The molecule has 4 aromatic heterocycles. The SMILES string of the molecule is Cc1cc(C(C)(C)C)cc(C)c1-c1ccn(-c2cccc(Oc3ccc4c5ccc6sc7ccccc7c6c5n(-c5cc(C(C)(C)C)ccn5)c4c3)c2)n1. The number of nitrogens with zero attached hydrogens (tertiary/aromatic N) is 4. The van der Waals surface area contributed by atoms with Crippen molar-refractivity contribution in [3.05, 3.63) is 144 Å². The lowest BCUT2D eigenvalue weighted by molar-refractivity contribution is 0.483. The summed E-state index contributed by atoms with van der Waals surface area (Å²) in [5, 5.41) is 9.93. The molecule has 0 aliphatic rings. The molecule has 0 saturated heterocycles. The van der Waals surface area contributed by atoms with E-state index in [9.17, 15) is 0 Å². The van der Waals surface area contributed by atoms with E-state index in [0.717, 1.165) is 39.6 Å². The number of fused-ring (bicyclic) bond motifs is 7. The fourth-order valence-electron chi connectivity index (χ4n) is 7.83. The molecule has 0 fully saturated rings. The summed E-state index contributed by atoms with van der Waals surface area (Å²) in [7, 11) is 0. The molecule has 9 rings (SSSR count). The molecule has 0 N–H and O–H groups in total. The Morgan fingerprint density at radius 2 is 1.37 bits per heavy atom. The van der Waals surface area contributed by atoms with Crippen molar-refractivity contribution in [1.82, 2.24) is 19.3 Å². The molecule has 0 aliphatic carbocycles. The number of hydrogen-bond acceptors (Lipinski definition) is 4. The number of aromatic nitrogens is 4. The lowest BCUT2D eigenvalue weighted by atomic mass is 9.83. The highest BCUT2D eigenvalue weighted by Crippen LogP contribution is 2.44. The van der Waals surface area contributed by atoms with Crippen LogP contribution in [0.2, 0.25) is 0 Å². The van der Waals surface area contributed by atoms with Gasteiger partial charge in [0, 0.05) is 61.0 Å². The van der Waals surface area contributed by atoms with Gasteiger partial charge in [-0.1, -0.05) is 84.0 Å². The fourth-order valence-corrected chi connectivity index (χ4v) is 8.94. The quantitative estimate of drug-likeness (QED) is 0.177. The average Bonchev–Trinajstić information content (AvgIpc) is 3.85. The first kappa shape index (κ1) is 34.1. The fraction of sp³-hybridized carbons (Fsp3) is 0.208. The van der Waals surface area contributed by atoms with Gasteiger partial charge in [-0.15, -0.1) is 11.3 Å². The predicted octanol–water partition coefficient (Wildman–Crippen LogP) is 13.4. The minimum Gasteiger partial charge on any atom is -0.457 e. The second-order valence-electron chi connectivity index (χ2n) is 16.6. The zero-order chi connectivity index (χ0) is 37.5. The van der Waals surface area contributed by atoms with Crippen molar-refractivity contribution in [2.24, 2.45) is 0 Å². The standard InChI is InChI=1S/C48H44N4OS/c1-29-24-32(48(6,7)8)25-30(2)44(29)39-21-23-51(50-39)33-12-11-13-34(27-33)53-35-16-17-36-37-18-19-42-45(38-14-9-10-15-41(38)54-42)46(37)52(40(36)28-35)43-26-31(20-22-49-43)47(3,4)5/h9-28H,1-8H3. The largest absolute Gasteiger partial charge is 0.457 e. The molecule has 9 aromatic rings. The van der Waals surface area contributed by atoms with Gasteiger partial charge in [-0.3, -0.25) is 4.57 Å². The summed E-state index contributed by atoms with van der Waals surface area (Å²) >= 11 is 1.84. The second-order valence-corrected chi connectivity index (χ2v) is 17.7. The highest BCUT2D eigenvalue weighted by atomic mass is 32.1. The Balaban J connectivity index is 1.14. The lowest BCUT2D eigenvalue weighted by Crippen LogP contribution is -2.12. The maximum atomic E-state index is 6.66. The van der Waals surface area contributed by atoms with Gasteiger partial charge in [-0.2, -0.15) is 5.10 Å². The molecule has 0 radical (unpaired) electrons. The third-order valence-corrected chi connectivity index (χ3v) is 11.8. The molecule has 0 saturated carbocycles. The molecule has 54 heavy (non-hydrogen) atoms. The number of rotatable bonds is 5. The maximum absolute atomic E-state index is 6.66. The average molecular weight is 725 g/mol. The Bertz CT molecular complexity index is 2890. The summed E-state index contributed by atoms with van der Waals surface area (Å²) in [5.74, 6) is 2.40. The summed E-state index contributed by atoms with van der Waals surface area (Å²) in [4.78, 5) is 4.99. The third-order valence-electron chi connectivity index (χ3n) is 10.6. The number of aryl methyl sites for hydroxylation is 2. The molecular formula is C48H44N4OS. The van der Waals surface area contributed by atoms with Gasteiger partial charge in [0.25, 0.3) is 0 Å². The van der Waals surface area contributed by atoms with Crippen LogP contribution in [0.3, 0.4) is 0 Å². The van der Waals surface area contributed by atoms with E-state index in [1.54, 1.807) is 0 Å². The normalized spacial score (nSPS) is 12.4. The van der Waals surface area contributed by atoms with Gasteiger partial charge < -0.3 is 4.74 Å². The molecule has 0 spiro atoms. The zero-order valence-corrected chi connectivity index (χ0v) is 33.0. The highest BCUT2D eigenvalue weighted by Gasteiger charge is 2.22. The Morgan fingerprint density at radius 1 is 0.630 bits per heavy atom. The van der Waals surface area contributed by atoms with E-state index in [0.29, 0.717) is 0 Å². The summed E-state index contributed by atoms with van der Waals surface area (Å²) in [6.45, 7) is 17.9. The van der Waals surface area contributed by atoms with Gasteiger partial charge >= 0.3 is 0 Å². The van der Waals surface area contributed by atoms with Crippen LogP contribution in [0.25, 0.3) is 64.7 Å². The van der Waals surface area contributed by atoms with Crippen molar-refractivity contribution < 1.29 is 4.74 Å². The van der Waals surface area contributed by atoms with Crippen molar-refractivity contribution in [2.75, 3.05) is 0 Å². The molecule has 4 heterocycles. The first-order valence-electron chi connectivity index (χ1n) is 18.6. The van der Waals surface area contributed by atoms with E-state index in [1.807, 2.05) is 46.6 Å². The predicted molar refractivity (Wildman–Crippen MR) is 227 cm³/mol. The molecule has 0 unspecified atom stereocenters. The molecule has 0 aliphatic heterocycles. The van der Waals surface area contributed by atoms with Gasteiger partial charge in [0.15, 0.2) is 0 Å². The number of benzene rings is 5. The molecule has 5 nitrogen and oxygen atoms in total. The Labute approximate surface area is 320 Å². The van der Waals surface area contributed by atoms with Gasteiger partial charge in [0.05, 0.1) is 22.4 Å². The van der Waals surface area contributed by atoms with Gasteiger partial charge in [0.1, 0.15) is 17.3 Å². The van der Waals surface area contributed by atoms with E-state index < -0.39 is 0 Å². The van der Waals surface area contributed by atoms with Crippen molar-refractivity contribution in [1.29, 1.82) is 0 Å². The van der Waals surface area contributed by atoms with Crippen LogP contribution >= 0.6 is 11.3 Å². The van der Waals surface area contributed by atoms with Crippen LogP contribution in [0.4, 0.5) is 0 Å². The zero-order valence-electron chi connectivity index (χ0n) is 32.2. The lowest BCUT2D eigenvalue weighted by Gasteiger charge is -2.22.